The summed E-state index contributed by atoms with van der Waals surface area (Å²) in [5.41, 5.74) is 0.541. The van der Waals surface area contributed by atoms with E-state index in [0.29, 0.717) is 17.7 Å². The quantitative estimate of drug-likeness (QED) is 0.780. The van der Waals surface area contributed by atoms with Gasteiger partial charge < -0.3 is 14.8 Å². The molecule has 1 heterocycles. The van der Waals surface area contributed by atoms with E-state index >= 15 is 0 Å². The summed E-state index contributed by atoms with van der Waals surface area (Å²) in [6.45, 7) is 3.81. The summed E-state index contributed by atoms with van der Waals surface area (Å²) in [6.07, 6.45) is 3.60. The first-order valence-electron chi connectivity index (χ1n) is 6.13. The van der Waals surface area contributed by atoms with Crippen molar-refractivity contribution in [1.29, 1.82) is 0 Å². The smallest absolute Gasteiger partial charge is 0.303 e. The summed E-state index contributed by atoms with van der Waals surface area (Å²) in [5, 5.41) is 11.3. The molecule has 5 nitrogen and oxygen atoms in total. The maximum absolute atomic E-state index is 11.9. The molecule has 0 spiro atoms. The molecule has 0 aliphatic heterocycles. The molecular weight excluding hydrogens is 234 g/mol. The maximum atomic E-state index is 11.9. The van der Waals surface area contributed by atoms with E-state index in [9.17, 15) is 9.59 Å². The lowest BCUT2D eigenvalue weighted by molar-refractivity contribution is -0.137. The second-order valence-corrected chi connectivity index (χ2v) is 4.31. The van der Waals surface area contributed by atoms with Gasteiger partial charge in [-0.2, -0.15) is 0 Å². The van der Waals surface area contributed by atoms with Crippen molar-refractivity contribution in [1.82, 2.24) is 5.32 Å². The van der Waals surface area contributed by atoms with Gasteiger partial charge in [0.05, 0.1) is 11.8 Å². The number of rotatable bonds is 7. The van der Waals surface area contributed by atoms with Crippen molar-refractivity contribution >= 4 is 11.9 Å². The zero-order chi connectivity index (χ0) is 13.5. The van der Waals surface area contributed by atoms with Crippen LogP contribution in [0.1, 0.15) is 49.2 Å². The third kappa shape index (κ3) is 4.24. The summed E-state index contributed by atoms with van der Waals surface area (Å²) >= 11 is 0. The van der Waals surface area contributed by atoms with Crippen molar-refractivity contribution in [3.8, 4) is 0 Å². The highest BCUT2D eigenvalue weighted by atomic mass is 16.4. The van der Waals surface area contributed by atoms with Crippen molar-refractivity contribution in [3.05, 3.63) is 23.7 Å². The zero-order valence-electron chi connectivity index (χ0n) is 10.7. The van der Waals surface area contributed by atoms with Crippen molar-refractivity contribution in [2.45, 2.75) is 45.6 Å². The predicted molar refractivity (Wildman–Crippen MR) is 66.5 cm³/mol. The highest BCUT2D eigenvalue weighted by molar-refractivity contribution is 5.95. The van der Waals surface area contributed by atoms with Gasteiger partial charge in [0.1, 0.15) is 5.76 Å². The molecule has 0 aliphatic rings. The Morgan fingerprint density at radius 2 is 2.22 bits per heavy atom. The van der Waals surface area contributed by atoms with Crippen LogP contribution < -0.4 is 5.32 Å². The van der Waals surface area contributed by atoms with Crippen LogP contribution in [-0.4, -0.2) is 23.0 Å². The SMILES string of the molecule is CCCc1occc1C(=O)NC(C)CCC(=O)O. The lowest BCUT2D eigenvalue weighted by Gasteiger charge is -2.12. The average molecular weight is 253 g/mol. The van der Waals surface area contributed by atoms with Crippen LogP contribution in [0, 0.1) is 0 Å². The molecule has 1 amide bonds. The van der Waals surface area contributed by atoms with E-state index in [1.165, 1.54) is 6.26 Å². The number of hydrogen-bond acceptors (Lipinski definition) is 3. The number of carboxylic acid groups (broad SMARTS) is 1. The number of aryl methyl sites for hydroxylation is 1. The van der Waals surface area contributed by atoms with Gasteiger partial charge in [0.25, 0.3) is 5.91 Å². The molecule has 0 fully saturated rings. The normalized spacial score (nSPS) is 12.1. The molecule has 2 N–H and O–H groups in total. The maximum Gasteiger partial charge on any atom is 0.303 e. The molecule has 100 valence electrons. The molecular formula is C13H19NO4. The van der Waals surface area contributed by atoms with E-state index in [1.54, 1.807) is 13.0 Å². The summed E-state index contributed by atoms with van der Waals surface area (Å²) < 4.78 is 5.25. The highest BCUT2D eigenvalue weighted by Gasteiger charge is 2.16. The van der Waals surface area contributed by atoms with Crippen LogP contribution >= 0.6 is 0 Å². The van der Waals surface area contributed by atoms with Crippen LogP contribution in [0.15, 0.2) is 16.7 Å². The Kier molecular flexibility index (Phi) is 5.42. The molecule has 0 aliphatic carbocycles. The Balaban J connectivity index is 2.53. The second-order valence-electron chi connectivity index (χ2n) is 4.31. The molecule has 0 bridgehead atoms. The number of amides is 1. The van der Waals surface area contributed by atoms with E-state index in [1.807, 2.05) is 6.92 Å². The fourth-order valence-corrected chi connectivity index (χ4v) is 1.68. The van der Waals surface area contributed by atoms with Gasteiger partial charge in [-0.05, 0) is 25.8 Å². The third-order valence-corrected chi connectivity index (χ3v) is 2.64. The molecule has 0 saturated heterocycles. The fraction of sp³-hybridized carbons (Fsp3) is 0.538. The van der Waals surface area contributed by atoms with Crippen LogP contribution in [0.25, 0.3) is 0 Å². The minimum absolute atomic E-state index is 0.0502. The predicted octanol–water partition coefficient (Wildman–Crippen LogP) is 2.22. The standard InChI is InChI=1S/C13H19NO4/c1-3-4-11-10(7-8-18-11)13(17)14-9(2)5-6-12(15)16/h7-9H,3-6H2,1-2H3,(H,14,17)(H,15,16). The number of nitrogens with one attached hydrogen (secondary N) is 1. The van der Waals surface area contributed by atoms with Crippen molar-refractivity contribution in [3.63, 3.8) is 0 Å². The summed E-state index contributed by atoms with van der Waals surface area (Å²) in [4.78, 5) is 22.4. The molecule has 1 aromatic rings. The Morgan fingerprint density at radius 1 is 1.50 bits per heavy atom. The zero-order valence-corrected chi connectivity index (χ0v) is 10.7. The van der Waals surface area contributed by atoms with Crippen LogP contribution in [0.2, 0.25) is 0 Å². The second kappa shape index (κ2) is 6.83. The lowest BCUT2D eigenvalue weighted by Crippen LogP contribution is -2.33. The number of furan rings is 1. The molecule has 1 unspecified atom stereocenters. The minimum Gasteiger partial charge on any atom is -0.481 e. The largest absolute Gasteiger partial charge is 0.481 e. The number of hydrogen-bond donors (Lipinski definition) is 2. The van der Waals surface area contributed by atoms with E-state index < -0.39 is 5.97 Å². The topological polar surface area (TPSA) is 79.5 Å². The number of carboxylic acids is 1. The number of carbonyl (C=O) groups is 2. The fourth-order valence-electron chi connectivity index (χ4n) is 1.68. The average Bonchev–Trinajstić information content (AvgIpc) is 2.75. The third-order valence-electron chi connectivity index (χ3n) is 2.64. The van der Waals surface area contributed by atoms with E-state index in [2.05, 4.69) is 5.32 Å². The first-order chi connectivity index (χ1) is 8.54. The van der Waals surface area contributed by atoms with Gasteiger partial charge in [0.2, 0.25) is 0 Å². The summed E-state index contributed by atoms with van der Waals surface area (Å²) in [7, 11) is 0. The molecule has 0 aromatic carbocycles. The minimum atomic E-state index is -0.855. The van der Waals surface area contributed by atoms with Crippen molar-refractivity contribution < 1.29 is 19.1 Å². The summed E-state index contributed by atoms with van der Waals surface area (Å²) in [6, 6.07) is 1.47. The molecule has 0 saturated carbocycles. The van der Waals surface area contributed by atoms with Gasteiger partial charge in [-0.3, -0.25) is 9.59 Å². The van der Waals surface area contributed by atoms with Crippen LogP contribution in [0.5, 0.6) is 0 Å². The van der Waals surface area contributed by atoms with Crippen molar-refractivity contribution in [2.24, 2.45) is 0 Å². The molecule has 0 radical (unpaired) electrons. The van der Waals surface area contributed by atoms with E-state index in [4.69, 9.17) is 9.52 Å². The molecule has 1 atom stereocenters. The first kappa shape index (κ1) is 14.3. The first-order valence-corrected chi connectivity index (χ1v) is 6.13. The molecule has 1 rings (SSSR count). The van der Waals surface area contributed by atoms with Gasteiger partial charge in [-0.15, -0.1) is 0 Å². The molecule has 5 heteroatoms. The number of carbonyl (C=O) groups excluding carboxylic acids is 1. The molecule has 18 heavy (non-hydrogen) atoms. The number of aliphatic carboxylic acids is 1. The summed E-state index contributed by atoms with van der Waals surface area (Å²) in [5.74, 6) is -0.378. The Labute approximate surface area is 106 Å². The Bertz CT molecular complexity index is 411. The lowest BCUT2D eigenvalue weighted by atomic mass is 10.1. The highest BCUT2D eigenvalue weighted by Crippen LogP contribution is 2.13. The van der Waals surface area contributed by atoms with Gasteiger partial charge in [0, 0.05) is 18.9 Å². The monoisotopic (exact) mass is 253 g/mol. The van der Waals surface area contributed by atoms with Gasteiger partial charge in [0.15, 0.2) is 0 Å². The Hall–Kier alpha value is -1.78. The molecule has 1 aromatic heterocycles. The van der Waals surface area contributed by atoms with E-state index in [-0.39, 0.29) is 18.4 Å². The van der Waals surface area contributed by atoms with Gasteiger partial charge >= 0.3 is 5.97 Å². The van der Waals surface area contributed by atoms with Crippen LogP contribution in [0.3, 0.4) is 0 Å². The van der Waals surface area contributed by atoms with Crippen molar-refractivity contribution in [2.75, 3.05) is 0 Å². The van der Waals surface area contributed by atoms with Crippen LogP contribution in [-0.2, 0) is 11.2 Å². The van der Waals surface area contributed by atoms with Gasteiger partial charge in [-0.25, -0.2) is 0 Å². The van der Waals surface area contributed by atoms with E-state index in [0.717, 1.165) is 12.8 Å². The van der Waals surface area contributed by atoms with Gasteiger partial charge in [-0.1, -0.05) is 6.92 Å². The van der Waals surface area contributed by atoms with Crippen LogP contribution in [0.4, 0.5) is 0 Å². The Morgan fingerprint density at radius 3 is 2.83 bits per heavy atom.